The third kappa shape index (κ3) is 3.67. The van der Waals surface area contributed by atoms with Gasteiger partial charge < -0.3 is 5.32 Å². The second-order valence-electron chi connectivity index (χ2n) is 4.00. The highest BCUT2D eigenvalue weighted by Crippen LogP contribution is 2.31. The zero-order valence-electron chi connectivity index (χ0n) is 10.0. The highest BCUT2D eigenvalue weighted by molar-refractivity contribution is 9.10. The normalized spacial score (nSPS) is 11.8. The minimum Gasteiger partial charge on any atom is -0.366 e. The molecule has 0 radical (unpaired) electrons. The molecule has 1 N–H and O–H groups in total. The van der Waals surface area contributed by atoms with Gasteiger partial charge in [0.15, 0.2) is 0 Å². The molecular weight excluding hydrogens is 427 g/mol. The van der Waals surface area contributed by atoms with Crippen LogP contribution in [0.15, 0.2) is 45.3 Å². The van der Waals surface area contributed by atoms with Gasteiger partial charge in [-0.2, -0.15) is 5.26 Å². The van der Waals surface area contributed by atoms with Crippen LogP contribution in [0.25, 0.3) is 0 Å². The molecule has 2 aromatic rings. The SMILES string of the molecule is N#CC(Nc1ccc(Cl)c(Br)c1)c1cc(Cl)ccc1Br. The van der Waals surface area contributed by atoms with Gasteiger partial charge in [-0.05, 0) is 52.3 Å². The molecule has 0 aliphatic rings. The van der Waals surface area contributed by atoms with E-state index < -0.39 is 6.04 Å². The Morgan fingerprint density at radius 3 is 2.45 bits per heavy atom. The Morgan fingerprint density at radius 2 is 1.80 bits per heavy atom. The van der Waals surface area contributed by atoms with Crippen LogP contribution in [0.2, 0.25) is 10.0 Å². The molecule has 2 rings (SSSR count). The van der Waals surface area contributed by atoms with Crippen molar-refractivity contribution in [3.05, 3.63) is 61.0 Å². The fraction of sp³-hybridized carbons (Fsp3) is 0.0714. The first-order valence-electron chi connectivity index (χ1n) is 5.57. The summed E-state index contributed by atoms with van der Waals surface area (Å²) in [6.07, 6.45) is 0. The Hall–Kier alpha value is -0.730. The smallest absolute Gasteiger partial charge is 0.141 e. The highest BCUT2D eigenvalue weighted by atomic mass is 79.9. The number of halogens is 4. The molecule has 0 saturated carbocycles. The van der Waals surface area contributed by atoms with Crippen LogP contribution in [0.3, 0.4) is 0 Å². The highest BCUT2D eigenvalue weighted by Gasteiger charge is 2.14. The van der Waals surface area contributed by atoms with Gasteiger partial charge in [-0.15, -0.1) is 0 Å². The molecule has 0 heterocycles. The molecule has 1 unspecified atom stereocenters. The molecule has 20 heavy (non-hydrogen) atoms. The van der Waals surface area contributed by atoms with E-state index in [0.29, 0.717) is 10.0 Å². The number of hydrogen-bond donors (Lipinski definition) is 1. The first-order chi connectivity index (χ1) is 9.51. The van der Waals surface area contributed by atoms with E-state index in [0.717, 1.165) is 20.2 Å². The van der Waals surface area contributed by atoms with Crippen LogP contribution in [0.1, 0.15) is 11.6 Å². The van der Waals surface area contributed by atoms with E-state index in [4.69, 9.17) is 23.2 Å². The maximum Gasteiger partial charge on any atom is 0.141 e. The van der Waals surface area contributed by atoms with Crippen molar-refractivity contribution in [2.24, 2.45) is 0 Å². The van der Waals surface area contributed by atoms with Crippen molar-refractivity contribution in [3.8, 4) is 6.07 Å². The van der Waals surface area contributed by atoms with Crippen molar-refractivity contribution in [3.63, 3.8) is 0 Å². The summed E-state index contributed by atoms with van der Waals surface area (Å²) >= 11 is 18.7. The molecule has 2 nitrogen and oxygen atoms in total. The number of nitriles is 1. The fourth-order valence-electron chi connectivity index (χ4n) is 1.67. The predicted molar refractivity (Wildman–Crippen MR) is 90.3 cm³/mol. The maximum absolute atomic E-state index is 9.37. The number of nitrogens with zero attached hydrogens (tertiary/aromatic N) is 1. The number of nitrogens with one attached hydrogen (secondary N) is 1. The monoisotopic (exact) mass is 432 g/mol. The van der Waals surface area contributed by atoms with Crippen LogP contribution in [-0.4, -0.2) is 0 Å². The van der Waals surface area contributed by atoms with E-state index in [1.165, 1.54) is 0 Å². The molecule has 2 aromatic carbocycles. The Kier molecular flexibility index (Phi) is 5.34. The Balaban J connectivity index is 2.31. The lowest BCUT2D eigenvalue weighted by Gasteiger charge is -2.15. The van der Waals surface area contributed by atoms with Crippen LogP contribution in [0.4, 0.5) is 5.69 Å². The van der Waals surface area contributed by atoms with Crippen molar-refractivity contribution in [2.75, 3.05) is 5.32 Å². The molecule has 102 valence electrons. The van der Waals surface area contributed by atoms with Gasteiger partial charge in [0, 0.05) is 25.2 Å². The van der Waals surface area contributed by atoms with Gasteiger partial charge in [0.2, 0.25) is 0 Å². The lowest BCUT2D eigenvalue weighted by Crippen LogP contribution is -2.09. The second-order valence-corrected chi connectivity index (χ2v) is 6.55. The number of benzene rings is 2. The lowest BCUT2D eigenvalue weighted by atomic mass is 10.1. The fourth-order valence-corrected chi connectivity index (χ4v) is 2.82. The summed E-state index contributed by atoms with van der Waals surface area (Å²) in [5, 5.41) is 13.7. The summed E-state index contributed by atoms with van der Waals surface area (Å²) in [6.45, 7) is 0. The molecule has 0 amide bonds. The number of anilines is 1. The maximum atomic E-state index is 9.37. The van der Waals surface area contributed by atoms with E-state index in [9.17, 15) is 5.26 Å². The third-order valence-corrected chi connectivity index (χ3v) is 4.80. The minimum atomic E-state index is -0.517. The molecule has 0 aliphatic carbocycles. The van der Waals surface area contributed by atoms with Crippen molar-refractivity contribution >= 4 is 60.7 Å². The minimum absolute atomic E-state index is 0.517. The van der Waals surface area contributed by atoms with Crippen LogP contribution in [-0.2, 0) is 0 Å². The zero-order chi connectivity index (χ0) is 14.7. The van der Waals surface area contributed by atoms with Gasteiger partial charge in [0.1, 0.15) is 6.04 Å². The Bertz CT molecular complexity index is 683. The summed E-state index contributed by atoms with van der Waals surface area (Å²) < 4.78 is 1.60. The molecule has 0 bridgehead atoms. The summed E-state index contributed by atoms with van der Waals surface area (Å²) in [5.41, 5.74) is 1.57. The molecule has 1 atom stereocenters. The average Bonchev–Trinajstić information content (AvgIpc) is 2.43. The molecule has 0 spiro atoms. The average molecular weight is 435 g/mol. The van der Waals surface area contributed by atoms with Crippen LogP contribution < -0.4 is 5.32 Å². The molecule has 0 aromatic heterocycles. The molecule has 0 fully saturated rings. The van der Waals surface area contributed by atoms with Crippen LogP contribution in [0, 0.1) is 11.3 Å². The summed E-state index contributed by atoms with van der Waals surface area (Å²) in [7, 11) is 0. The predicted octanol–water partition coefficient (Wildman–Crippen LogP) is 6.20. The van der Waals surface area contributed by atoms with Crippen LogP contribution in [0.5, 0.6) is 0 Å². The van der Waals surface area contributed by atoms with Crippen LogP contribution >= 0.6 is 55.1 Å². The van der Waals surface area contributed by atoms with Crippen molar-refractivity contribution < 1.29 is 0 Å². The van der Waals surface area contributed by atoms with Crippen molar-refractivity contribution in [2.45, 2.75) is 6.04 Å². The molecule has 0 saturated heterocycles. The molecular formula is C14H8Br2Cl2N2. The van der Waals surface area contributed by atoms with Gasteiger partial charge >= 0.3 is 0 Å². The van der Waals surface area contributed by atoms with Crippen molar-refractivity contribution in [1.82, 2.24) is 0 Å². The molecule has 6 heteroatoms. The Labute approximate surface area is 144 Å². The van der Waals surface area contributed by atoms with E-state index >= 15 is 0 Å². The van der Waals surface area contributed by atoms with E-state index in [1.54, 1.807) is 18.2 Å². The Morgan fingerprint density at radius 1 is 1.05 bits per heavy atom. The first kappa shape index (κ1) is 15.7. The standard InChI is InChI=1S/C14H8Br2Cl2N2/c15-11-3-1-8(17)5-10(11)14(7-19)20-9-2-4-13(18)12(16)6-9/h1-6,14,20H. The topological polar surface area (TPSA) is 35.8 Å². The van der Waals surface area contributed by atoms with Gasteiger partial charge in [0.05, 0.1) is 11.1 Å². The number of rotatable bonds is 3. The van der Waals surface area contributed by atoms with E-state index in [1.807, 2.05) is 18.2 Å². The summed E-state index contributed by atoms with van der Waals surface area (Å²) in [5.74, 6) is 0. The number of hydrogen-bond acceptors (Lipinski definition) is 2. The van der Waals surface area contributed by atoms with Gasteiger partial charge in [0.25, 0.3) is 0 Å². The lowest BCUT2D eigenvalue weighted by molar-refractivity contribution is 0.989. The van der Waals surface area contributed by atoms with Gasteiger partial charge in [-0.1, -0.05) is 39.1 Å². The first-order valence-corrected chi connectivity index (χ1v) is 7.91. The van der Waals surface area contributed by atoms with Gasteiger partial charge in [-0.3, -0.25) is 0 Å². The van der Waals surface area contributed by atoms with Gasteiger partial charge in [-0.25, -0.2) is 0 Å². The molecule has 0 aliphatic heterocycles. The largest absolute Gasteiger partial charge is 0.366 e. The van der Waals surface area contributed by atoms with E-state index in [2.05, 4.69) is 43.2 Å². The van der Waals surface area contributed by atoms with E-state index in [-0.39, 0.29) is 0 Å². The quantitative estimate of drug-likeness (QED) is 0.624. The second kappa shape index (κ2) is 6.82. The third-order valence-electron chi connectivity index (χ3n) is 2.63. The summed E-state index contributed by atoms with van der Waals surface area (Å²) in [6, 6.07) is 12.5. The van der Waals surface area contributed by atoms with Crippen molar-refractivity contribution in [1.29, 1.82) is 5.26 Å². The summed E-state index contributed by atoms with van der Waals surface area (Å²) in [4.78, 5) is 0. The zero-order valence-corrected chi connectivity index (χ0v) is 14.7.